The average molecular weight is 714 g/mol. The third kappa shape index (κ3) is 7.03. The summed E-state index contributed by atoms with van der Waals surface area (Å²) in [5.41, 5.74) is -0.572. The lowest BCUT2D eigenvalue weighted by Gasteiger charge is -2.28. The summed E-state index contributed by atoms with van der Waals surface area (Å²) in [4.78, 5) is 45.1. The van der Waals surface area contributed by atoms with Gasteiger partial charge in [-0.2, -0.15) is 4.90 Å². The first-order chi connectivity index (χ1) is 22.0. The van der Waals surface area contributed by atoms with E-state index in [0.717, 1.165) is 20.3 Å². The highest BCUT2D eigenvalue weighted by Gasteiger charge is 2.56. The quantitative estimate of drug-likeness (QED) is 0.228. The number of ether oxygens (including phenoxy) is 6. The number of pyridine rings is 1. The maximum absolute atomic E-state index is 13.4. The van der Waals surface area contributed by atoms with Gasteiger partial charge in [-0.3, -0.25) is 9.55 Å². The summed E-state index contributed by atoms with van der Waals surface area (Å²) in [6.45, 7) is 14.0. The van der Waals surface area contributed by atoms with E-state index in [0.29, 0.717) is 5.75 Å². The van der Waals surface area contributed by atoms with Crippen LogP contribution in [-0.4, -0.2) is 78.6 Å². The normalized spacial score (nSPS) is 22.3. The molecule has 0 saturated carbocycles. The predicted octanol–water partition coefficient (Wildman–Crippen LogP) is 6.31. The third-order valence-electron chi connectivity index (χ3n) is 7.14. The van der Waals surface area contributed by atoms with E-state index < -0.39 is 53.7 Å². The van der Waals surface area contributed by atoms with Crippen LogP contribution in [0, 0.1) is 0 Å². The van der Waals surface area contributed by atoms with E-state index in [1.165, 1.54) is 12.7 Å². The van der Waals surface area contributed by atoms with E-state index in [4.69, 9.17) is 28.4 Å². The molecule has 1 aromatic carbocycles. The molecule has 2 fully saturated rings. The van der Waals surface area contributed by atoms with Gasteiger partial charge in [-0.1, -0.05) is 0 Å². The van der Waals surface area contributed by atoms with Gasteiger partial charge in [-0.15, -0.1) is 0 Å². The first-order valence-electron chi connectivity index (χ1n) is 15.1. The number of nitrogens with zero attached hydrogens (tertiary/aromatic N) is 6. The van der Waals surface area contributed by atoms with Crippen molar-refractivity contribution in [3.63, 3.8) is 0 Å². The number of fused-ring (bicyclic) bond motifs is 3. The van der Waals surface area contributed by atoms with Gasteiger partial charge in [0.25, 0.3) is 0 Å². The molecule has 2 aliphatic heterocycles. The Balaban J connectivity index is 1.30. The van der Waals surface area contributed by atoms with Gasteiger partial charge in [0.1, 0.15) is 48.2 Å². The molecule has 0 aliphatic carbocycles. The third-order valence-corrected chi connectivity index (χ3v) is 7.57. The second kappa shape index (κ2) is 12.0. The Kier molecular flexibility index (Phi) is 8.39. The van der Waals surface area contributed by atoms with Gasteiger partial charge in [0.05, 0.1) is 11.8 Å². The number of aromatic nitrogens is 5. The minimum Gasteiger partial charge on any atom is -0.491 e. The molecular formula is C32H37BrN6O8. The summed E-state index contributed by atoms with van der Waals surface area (Å²) in [5.74, 6) is -0.368. The molecule has 14 nitrogen and oxygen atoms in total. The van der Waals surface area contributed by atoms with Crippen LogP contribution in [0.15, 0.2) is 47.6 Å². The van der Waals surface area contributed by atoms with E-state index in [9.17, 15) is 9.59 Å². The van der Waals surface area contributed by atoms with E-state index in [-0.39, 0.29) is 23.6 Å². The van der Waals surface area contributed by atoms with Gasteiger partial charge in [0.2, 0.25) is 0 Å². The highest BCUT2D eigenvalue weighted by molar-refractivity contribution is 9.10. The Bertz CT molecular complexity index is 1810. The Morgan fingerprint density at radius 2 is 1.64 bits per heavy atom. The van der Waals surface area contributed by atoms with Gasteiger partial charge in [0.15, 0.2) is 29.0 Å². The molecule has 47 heavy (non-hydrogen) atoms. The van der Waals surface area contributed by atoms with Crippen molar-refractivity contribution in [1.82, 2.24) is 24.5 Å². The topological polar surface area (TPSA) is 149 Å². The molecular weight excluding hydrogens is 676 g/mol. The fraction of sp³-hybridized carbons (Fsp3) is 0.500. The number of carbonyl (C=O) groups is 2. The molecule has 0 radical (unpaired) electrons. The number of benzene rings is 1. The number of halogens is 1. The van der Waals surface area contributed by atoms with Crippen molar-refractivity contribution in [2.75, 3.05) is 11.5 Å². The fourth-order valence-electron chi connectivity index (χ4n) is 5.41. The Labute approximate surface area is 279 Å². The predicted molar refractivity (Wildman–Crippen MR) is 173 cm³/mol. The summed E-state index contributed by atoms with van der Waals surface area (Å²) in [5, 5.41) is 0.975. The van der Waals surface area contributed by atoms with Crippen LogP contribution in [0.1, 0.15) is 61.6 Å². The van der Waals surface area contributed by atoms with E-state index in [1.54, 1.807) is 52.3 Å². The number of imidazole rings is 1. The maximum Gasteiger partial charge on any atom is 0.425 e. The Morgan fingerprint density at radius 3 is 2.32 bits per heavy atom. The number of carbonyl (C=O) groups excluding carboxylic acids is 2. The number of rotatable bonds is 5. The molecule has 0 spiro atoms. The van der Waals surface area contributed by atoms with Crippen molar-refractivity contribution < 1.29 is 38.0 Å². The van der Waals surface area contributed by atoms with Gasteiger partial charge in [-0.25, -0.2) is 24.5 Å². The smallest absolute Gasteiger partial charge is 0.425 e. The van der Waals surface area contributed by atoms with E-state index in [1.807, 2.05) is 38.1 Å². The average Bonchev–Trinajstić information content (AvgIpc) is 3.61. The number of anilines is 1. The summed E-state index contributed by atoms with van der Waals surface area (Å²) >= 11 is 3.45. The minimum atomic E-state index is -0.971. The van der Waals surface area contributed by atoms with Gasteiger partial charge >= 0.3 is 12.2 Å². The number of amides is 2. The standard InChI is InChI=1S/C32H37BrN6O8/c1-30(2,3)46-28(40)39(29(41)47-31(4,5)6)26-22-25(35-15-36-26)38(16-37-22)27-24-23(44-32(7,8)45-24)21(43-27)14-42-19-10-9-17-11-18(33)13-34-20(17)12-19/h9-13,15-16,21,23-24,27H,14H2,1-8H3/t21-,23-,24-,27-/m1/s1. The van der Waals surface area contributed by atoms with Crippen molar-refractivity contribution in [2.24, 2.45) is 0 Å². The van der Waals surface area contributed by atoms with Gasteiger partial charge < -0.3 is 28.4 Å². The molecule has 0 N–H and O–H groups in total. The largest absolute Gasteiger partial charge is 0.491 e. The van der Waals surface area contributed by atoms with Gasteiger partial charge in [-0.05, 0) is 89.5 Å². The van der Waals surface area contributed by atoms with E-state index in [2.05, 4.69) is 35.9 Å². The summed E-state index contributed by atoms with van der Waals surface area (Å²) in [6.07, 6.45) is 0.210. The molecule has 4 atom stereocenters. The first-order valence-corrected chi connectivity index (χ1v) is 15.9. The second-order valence-electron chi connectivity index (χ2n) is 13.8. The molecule has 5 heterocycles. The van der Waals surface area contributed by atoms with Crippen molar-refractivity contribution in [1.29, 1.82) is 0 Å². The molecule has 2 aliphatic rings. The van der Waals surface area contributed by atoms with Crippen LogP contribution in [0.25, 0.3) is 22.1 Å². The SMILES string of the molecule is CC(C)(C)OC(=O)N(C(=O)OC(C)(C)C)c1ncnc2c1ncn2[C@@H]1O[C@H](COc2ccc3cc(Br)cnc3c2)[C@H]2OC(C)(C)O[C@H]21. The van der Waals surface area contributed by atoms with Crippen molar-refractivity contribution in [3.8, 4) is 5.75 Å². The van der Waals surface area contributed by atoms with Crippen molar-refractivity contribution in [2.45, 2.75) is 96.9 Å². The summed E-state index contributed by atoms with van der Waals surface area (Å²) in [7, 11) is 0. The Morgan fingerprint density at radius 1 is 0.957 bits per heavy atom. The van der Waals surface area contributed by atoms with Crippen LogP contribution in [-0.2, 0) is 23.7 Å². The van der Waals surface area contributed by atoms with Crippen LogP contribution < -0.4 is 9.64 Å². The van der Waals surface area contributed by atoms with Crippen LogP contribution in [0.5, 0.6) is 5.75 Å². The van der Waals surface area contributed by atoms with Crippen molar-refractivity contribution >= 4 is 56.0 Å². The first kappa shape index (κ1) is 33.0. The zero-order chi connectivity index (χ0) is 33.9. The summed E-state index contributed by atoms with van der Waals surface area (Å²) in [6, 6.07) is 7.66. The summed E-state index contributed by atoms with van der Waals surface area (Å²) < 4.78 is 38.9. The molecule has 0 bridgehead atoms. The molecule has 15 heteroatoms. The van der Waals surface area contributed by atoms with Crippen molar-refractivity contribution in [3.05, 3.63) is 47.6 Å². The maximum atomic E-state index is 13.4. The van der Waals surface area contributed by atoms with Gasteiger partial charge in [0, 0.05) is 22.1 Å². The zero-order valence-electron chi connectivity index (χ0n) is 27.4. The highest BCUT2D eigenvalue weighted by atomic mass is 79.9. The zero-order valence-corrected chi connectivity index (χ0v) is 29.0. The lowest BCUT2D eigenvalue weighted by molar-refractivity contribution is -0.198. The van der Waals surface area contributed by atoms with Crippen LogP contribution in [0.4, 0.5) is 15.4 Å². The second-order valence-corrected chi connectivity index (χ2v) is 14.7. The number of imide groups is 1. The lowest BCUT2D eigenvalue weighted by Crippen LogP contribution is -2.44. The number of hydrogen-bond donors (Lipinski definition) is 0. The molecule has 2 amide bonds. The minimum absolute atomic E-state index is 0.104. The molecule has 250 valence electrons. The highest BCUT2D eigenvalue weighted by Crippen LogP contribution is 2.44. The molecule has 3 aromatic heterocycles. The lowest BCUT2D eigenvalue weighted by atomic mass is 10.1. The molecule has 6 rings (SSSR count). The fourth-order valence-corrected chi connectivity index (χ4v) is 5.76. The molecule has 2 saturated heterocycles. The molecule has 4 aromatic rings. The molecule has 0 unspecified atom stereocenters. The van der Waals surface area contributed by atoms with Crippen LogP contribution in [0.3, 0.4) is 0 Å². The number of hydrogen-bond acceptors (Lipinski definition) is 12. The van der Waals surface area contributed by atoms with E-state index >= 15 is 0 Å². The monoisotopic (exact) mass is 712 g/mol. The van der Waals surface area contributed by atoms with Crippen LogP contribution in [0.2, 0.25) is 0 Å². The van der Waals surface area contributed by atoms with Crippen LogP contribution >= 0.6 is 15.9 Å². The Hall–Kier alpha value is -3.92.